The van der Waals surface area contributed by atoms with Crippen LogP contribution in [0.3, 0.4) is 0 Å². The van der Waals surface area contributed by atoms with E-state index in [0.29, 0.717) is 0 Å². The van der Waals surface area contributed by atoms with Gasteiger partial charge in [-0.2, -0.15) is 0 Å². The van der Waals surface area contributed by atoms with Gasteiger partial charge in [0.15, 0.2) is 0 Å². The molecule has 0 spiro atoms. The Morgan fingerprint density at radius 3 is 2.38 bits per heavy atom. The molecule has 0 fully saturated rings. The van der Waals surface area contributed by atoms with Crippen molar-refractivity contribution < 1.29 is 9.47 Å². The van der Waals surface area contributed by atoms with Gasteiger partial charge < -0.3 is 18.6 Å². The number of hydrogen-bond donors (Lipinski definition) is 0. The van der Waals surface area contributed by atoms with Crippen LogP contribution in [0.1, 0.15) is 19.5 Å². The number of benzene rings is 2. The van der Waals surface area contributed by atoms with Gasteiger partial charge in [0, 0.05) is 63.8 Å². The van der Waals surface area contributed by atoms with Crippen LogP contribution in [0.25, 0.3) is 43.6 Å². The molecule has 0 saturated heterocycles. The van der Waals surface area contributed by atoms with Gasteiger partial charge in [-0.1, -0.05) is 0 Å². The minimum atomic E-state index is 0.863. The van der Waals surface area contributed by atoms with Gasteiger partial charge in [-0.3, -0.25) is 0 Å². The lowest BCUT2D eigenvalue weighted by molar-refractivity contribution is 0.415. The predicted molar refractivity (Wildman–Crippen MR) is 133 cm³/mol. The lowest BCUT2D eigenvalue weighted by Gasteiger charge is -2.04. The topological polar surface area (TPSA) is 41.2 Å². The monoisotopic (exact) mass is 445 g/mol. The van der Waals surface area contributed by atoms with E-state index in [1.807, 2.05) is 12.1 Å². The van der Waals surface area contributed by atoms with Crippen molar-refractivity contribution in [3.05, 3.63) is 53.7 Å². The van der Waals surface area contributed by atoms with Crippen molar-refractivity contribution in [2.45, 2.75) is 33.9 Å². The molecule has 5 aromatic rings. The lowest BCUT2D eigenvalue weighted by atomic mass is 10.1. The standard InChI is InChI=1S/C26H27N3O2S/c1-6-28-14-21(19-10-8-18(31-5)13-24(19)28)26-27-22(15-32-26)25-16(3)29(7-2)23-11-9-17(30-4)12-20(23)25/h8-15H,6-7H2,1-5H3. The van der Waals surface area contributed by atoms with Gasteiger partial charge in [0.25, 0.3) is 0 Å². The van der Waals surface area contributed by atoms with Crippen LogP contribution in [-0.4, -0.2) is 28.3 Å². The number of rotatable bonds is 6. The quantitative estimate of drug-likeness (QED) is 0.290. The lowest BCUT2D eigenvalue weighted by Crippen LogP contribution is -1.96. The maximum atomic E-state index is 5.51. The van der Waals surface area contributed by atoms with Gasteiger partial charge in [0.2, 0.25) is 0 Å². The van der Waals surface area contributed by atoms with Crippen LogP contribution in [0.5, 0.6) is 11.5 Å². The molecule has 0 N–H and O–H groups in total. The molecule has 0 unspecified atom stereocenters. The van der Waals surface area contributed by atoms with E-state index in [1.54, 1.807) is 25.6 Å². The normalized spacial score (nSPS) is 11.5. The van der Waals surface area contributed by atoms with Crippen LogP contribution in [-0.2, 0) is 13.1 Å². The number of ether oxygens (including phenoxy) is 2. The highest BCUT2D eigenvalue weighted by Gasteiger charge is 2.20. The van der Waals surface area contributed by atoms with E-state index in [-0.39, 0.29) is 0 Å². The zero-order chi connectivity index (χ0) is 22.4. The van der Waals surface area contributed by atoms with Gasteiger partial charge in [0.05, 0.1) is 25.4 Å². The first-order valence-electron chi connectivity index (χ1n) is 10.9. The number of aromatic nitrogens is 3. The van der Waals surface area contributed by atoms with Crippen LogP contribution in [0.4, 0.5) is 0 Å². The molecule has 0 radical (unpaired) electrons. The third-order valence-electron chi connectivity index (χ3n) is 6.27. The molecule has 0 atom stereocenters. The average molecular weight is 446 g/mol. The molecule has 0 bridgehead atoms. The second-order valence-corrected chi connectivity index (χ2v) is 8.70. The highest BCUT2D eigenvalue weighted by Crippen LogP contribution is 2.40. The van der Waals surface area contributed by atoms with Crippen LogP contribution in [0.15, 0.2) is 48.0 Å². The average Bonchev–Trinajstić information content (AvgIpc) is 3.51. The molecule has 0 aliphatic carbocycles. The van der Waals surface area contributed by atoms with E-state index in [1.165, 1.54) is 33.1 Å². The molecule has 3 heterocycles. The number of nitrogens with zero attached hydrogens (tertiary/aromatic N) is 3. The molecule has 0 amide bonds. The van der Waals surface area contributed by atoms with Crippen molar-refractivity contribution in [1.29, 1.82) is 0 Å². The fourth-order valence-corrected chi connectivity index (χ4v) is 5.50. The largest absolute Gasteiger partial charge is 0.497 e. The van der Waals surface area contributed by atoms with E-state index in [9.17, 15) is 0 Å². The summed E-state index contributed by atoms with van der Waals surface area (Å²) < 4.78 is 15.6. The maximum Gasteiger partial charge on any atom is 0.126 e. The van der Waals surface area contributed by atoms with Gasteiger partial charge in [-0.15, -0.1) is 11.3 Å². The third kappa shape index (κ3) is 3.09. The van der Waals surface area contributed by atoms with Crippen LogP contribution < -0.4 is 9.47 Å². The molecule has 0 aliphatic heterocycles. The van der Waals surface area contributed by atoms with Crippen molar-refractivity contribution in [3.8, 4) is 33.3 Å². The molecule has 0 aliphatic rings. The Labute approximate surface area is 191 Å². The van der Waals surface area contributed by atoms with Crippen molar-refractivity contribution in [1.82, 2.24) is 14.1 Å². The Morgan fingerprint density at radius 2 is 1.66 bits per heavy atom. The van der Waals surface area contributed by atoms with Crippen LogP contribution >= 0.6 is 11.3 Å². The van der Waals surface area contributed by atoms with Gasteiger partial charge in [-0.25, -0.2) is 4.98 Å². The first kappa shape index (κ1) is 20.6. The Hall–Kier alpha value is -3.25. The highest BCUT2D eigenvalue weighted by molar-refractivity contribution is 7.13. The Balaban J connectivity index is 1.68. The van der Waals surface area contributed by atoms with Crippen LogP contribution in [0.2, 0.25) is 0 Å². The summed E-state index contributed by atoms with van der Waals surface area (Å²) in [6, 6.07) is 12.5. The number of aryl methyl sites for hydroxylation is 2. The Morgan fingerprint density at radius 1 is 0.906 bits per heavy atom. The van der Waals surface area contributed by atoms with Gasteiger partial charge in [0.1, 0.15) is 16.5 Å². The van der Waals surface area contributed by atoms with Crippen molar-refractivity contribution in [2.24, 2.45) is 0 Å². The summed E-state index contributed by atoms with van der Waals surface area (Å²) in [6.45, 7) is 8.33. The van der Waals surface area contributed by atoms with E-state index in [4.69, 9.17) is 14.5 Å². The fraction of sp³-hybridized carbons (Fsp3) is 0.269. The summed E-state index contributed by atoms with van der Waals surface area (Å²) in [5.74, 6) is 1.73. The summed E-state index contributed by atoms with van der Waals surface area (Å²) in [7, 11) is 3.42. The summed E-state index contributed by atoms with van der Waals surface area (Å²) in [5, 5.41) is 5.58. The molecular formula is C26H27N3O2S. The molecule has 0 saturated carbocycles. The minimum absolute atomic E-state index is 0.863. The van der Waals surface area contributed by atoms with Crippen molar-refractivity contribution in [2.75, 3.05) is 14.2 Å². The molecular weight excluding hydrogens is 418 g/mol. The summed E-state index contributed by atoms with van der Waals surface area (Å²) in [6.07, 6.45) is 2.21. The van der Waals surface area contributed by atoms with Gasteiger partial charge in [-0.05, 0) is 51.1 Å². The molecule has 32 heavy (non-hydrogen) atoms. The number of hydrogen-bond acceptors (Lipinski definition) is 4. The number of thiazole rings is 1. The number of fused-ring (bicyclic) bond motifs is 2. The van der Waals surface area contributed by atoms with Crippen molar-refractivity contribution in [3.63, 3.8) is 0 Å². The predicted octanol–water partition coefficient (Wildman–Crippen LogP) is 6.75. The molecule has 6 heteroatoms. The summed E-state index contributed by atoms with van der Waals surface area (Å²) in [5.41, 5.74) is 6.97. The molecule has 164 valence electrons. The molecule has 5 rings (SSSR count). The van der Waals surface area contributed by atoms with Crippen LogP contribution in [0, 0.1) is 6.92 Å². The minimum Gasteiger partial charge on any atom is -0.497 e. The second-order valence-electron chi connectivity index (χ2n) is 7.84. The van der Waals surface area contributed by atoms with Gasteiger partial charge >= 0.3 is 0 Å². The zero-order valence-corrected chi connectivity index (χ0v) is 19.9. The molecule has 5 nitrogen and oxygen atoms in total. The maximum absolute atomic E-state index is 5.51. The summed E-state index contributed by atoms with van der Waals surface area (Å²) >= 11 is 1.69. The Kier molecular flexibility index (Phi) is 5.18. The van der Waals surface area contributed by atoms with Crippen molar-refractivity contribution >= 4 is 33.1 Å². The van der Waals surface area contributed by atoms with E-state index >= 15 is 0 Å². The first-order valence-corrected chi connectivity index (χ1v) is 11.8. The second kappa shape index (κ2) is 8.02. The molecule has 3 aromatic heterocycles. The smallest absolute Gasteiger partial charge is 0.126 e. The molecule has 2 aromatic carbocycles. The van der Waals surface area contributed by atoms with E-state index in [2.05, 4.69) is 65.7 Å². The Bertz CT molecular complexity index is 1440. The third-order valence-corrected chi connectivity index (χ3v) is 7.14. The highest BCUT2D eigenvalue weighted by atomic mass is 32.1. The SMILES string of the molecule is CCn1cc(-c2nc(-c3c(C)n(CC)c4ccc(OC)cc34)cs2)c2ccc(OC)cc21. The number of methoxy groups -OCH3 is 2. The van der Waals surface area contributed by atoms with E-state index < -0.39 is 0 Å². The van der Waals surface area contributed by atoms with E-state index in [0.717, 1.165) is 40.9 Å². The summed E-state index contributed by atoms with van der Waals surface area (Å²) in [4.78, 5) is 5.12. The fourth-order valence-electron chi connectivity index (χ4n) is 4.66. The zero-order valence-electron chi connectivity index (χ0n) is 19.1. The first-order chi connectivity index (χ1) is 15.6.